The maximum atomic E-state index is 11.7. The third kappa shape index (κ3) is 4.26. The topological polar surface area (TPSA) is 132 Å². The molecule has 2 aromatic rings. The Bertz CT molecular complexity index is 788. The summed E-state index contributed by atoms with van der Waals surface area (Å²) in [5, 5.41) is 6.57. The molecule has 0 bridgehead atoms. The number of nitrogens with zero attached hydrogens (tertiary/aromatic N) is 3. The average Bonchev–Trinajstić information content (AvgIpc) is 2.56. The van der Waals surface area contributed by atoms with Gasteiger partial charge < -0.3 is 22.1 Å². The summed E-state index contributed by atoms with van der Waals surface area (Å²) in [6.07, 6.45) is 5.96. The van der Waals surface area contributed by atoms with Crippen molar-refractivity contribution in [1.82, 2.24) is 15.0 Å². The van der Waals surface area contributed by atoms with Crippen LogP contribution in [0.5, 0.6) is 0 Å². The van der Waals surface area contributed by atoms with Gasteiger partial charge in [-0.05, 0) is 32.8 Å². The molecule has 8 nitrogen and oxygen atoms in total. The predicted molar refractivity (Wildman–Crippen MR) is 101 cm³/mol. The molecule has 3 rings (SSSR count). The van der Waals surface area contributed by atoms with Crippen LogP contribution in [-0.2, 0) is 0 Å². The first-order valence-corrected chi connectivity index (χ1v) is 8.83. The van der Waals surface area contributed by atoms with Crippen LogP contribution in [0.2, 0.25) is 0 Å². The van der Waals surface area contributed by atoms with E-state index in [-0.39, 0.29) is 17.8 Å². The summed E-state index contributed by atoms with van der Waals surface area (Å²) in [4.78, 5) is 24.6. The Balaban J connectivity index is 1.87. The zero-order valence-corrected chi connectivity index (χ0v) is 15.1. The summed E-state index contributed by atoms with van der Waals surface area (Å²) in [6, 6.07) is 3.93. The number of anilines is 3. The van der Waals surface area contributed by atoms with Gasteiger partial charge >= 0.3 is 0 Å². The molecule has 6 N–H and O–H groups in total. The Labute approximate surface area is 152 Å². The second-order valence-electron chi connectivity index (χ2n) is 6.75. The number of primary amides is 1. The van der Waals surface area contributed by atoms with E-state index in [9.17, 15) is 4.79 Å². The van der Waals surface area contributed by atoms with Gasteiger partial charge in [-0.1, -0.05) is 12.8 Å². The second kappa shape index (κ2) is 7.65. The maximum absolute atomic E-state index is 11.7. The lowest BCUT2D eigenvalue weighted by molar-refractivity contribution is 0.0996. The first kappa shape index (κ1) is 18.1. The van der Waals surface area contributed by atoms with Crippen LogP contribution in [0.4, 0.5) is 17.2 Å². The molecule has 2 aromatic heterocycles. The highest BCUT2D eigenvalue weighted by Crippen LogP contribution is 2.25. The van der Waals surface area contributed by atoms with Gasteiger partial charge in [0.25, 0.3) is 5.91 Å². The average molecular weight is 355 g/mol. The third-order valence-corrected chi connectivity index (χ3v) is 4.52. The quantitative estimate of drug-likeness (QED) is 0.645. The highest BCUT2D eigenvalue weighted by atomic mass is 16.1. The zero-order chi connectivity index (χ0) is 18.7. The molecule has 1 fully saturated rings. The van der Waals surface area contributed by atoms with Crippen LogP contribution >= 0.6 is 0 Å². The molecule has 1 amide bonds. The Morgan fingerprint density at radius 2 is 1.96 bits per heavy atom. The van der Waals surface area contributed by atoms with Crippen LogP contribution < -0.4 is 22.1 Å². The van der Waals surface area contributed by atoms with Gasteiger partial charge in [-0.15, -0.1) is 0 Å². The Hall–Kier alpha value is -2.74. The number of nitrogens with one attached hydrogen (secondary N) is 2. The molecule has 1 aliphatic rings. The van der Waals surface area contributed by atoms with E-state index in [1.165, 1.54) is 0 Å². The fourth-order valence-electron chi connectivity index (χ4n) is 3.31. The van der Waals surface area contributed by atoms with Crippen molar-refractivity contribution in [3.63, 3.8) is 0 Å². The van der Waals surface area contributed by atoms with E-state index in [4.69, 9.17) is 11.5 Å². The van der Waals surface area contributed by atoms with Crippen molar-refractivity contribution in [2.75, 3.05) is 10.6 Å². The molecule has 0 saturated heterocycles. The normalized spacial score (nSPS) is 19.8. The fraction of sp³-hybridized carbons (Fsp3) is 0.444. The first-order valence-electron chi connectivity index (χ1n) is 8.83. The molecule has 0 radical (unpaired) electrons. The van der Waals surface area contributed by atoms with Gasteiger partial charge in [0.2, 0.25) is 0 Å². The molecule has 1 aliphatic carbocycles. The van der Waals surface area contributed by atoms with Crippen LogP contribution in [0.25, 0.3) is 0 Å². The van der Waals surface area contributed by atoms with Crippen molar-refractivity contribution in [3.8, 4) is 0 Å². The van der Waals surface area contributed by atoms with E-state index < -0.39 is 5.91 Å². The van der Waals surface area contributed by atoms with Gasteiger partial charge in [0.1, 0.15) is 11.6 Å². The largest absolute Gasteiger partial charge is 0.379 e. The molecular formula is C18H25N7O. The summed E-state index contributed by atoms with van der Waals surface area (Å²) in [5.41, 5.74) is 14.0. The molecule has 2 heterocycles. The number of carbonyl (C=O) groups is 1. The minimum Gasteiger partial charge on any atom is -0.379 e. The summed E-state index contributed by atoms with van der Waals surface area (Å²) >= 11 is 0. The lowest BCUT2D eigenvalue weighted by Gasteiger charge is -2.30. The number of aryl methyl sites for hydroxylation is 2. The van der Waals surface area contributed by atoms with Gasteiger partial charge in [0.15, 0.2) is 5.69 Å². The van der Waals surface area contributed by atoms with Crippen molar-refractivity contribution in [2.45, 2.75) is 51.6 Å². The summed E-state index contributed by atoms with van der Waals surface area (Å²) in [6.45, 7) is 3.70. The lowest BCUT2D eigenvalue weighted by atomic mass is 9.91. The van der Waals surface area contributed by atoms with Crippen molar-refractivity contribution >= 4 is 23.1 Å². The van der Waals surface area contributed by atoms with Gasteiger partial charge in [-0.3, -0.25) is 4.79 Å². The monoisotopic (exact) mass is 355 g/mol. The summed E-state index contributed by atoms with van der Waals surface area (Å²) in [7, 11) is 0. The Morgan fingerprint density at radius 1 is 1.19 bits per heavy atom. The van der Waals surface area contributed by atoms with Crippen molar-refractivity contribution < 1.29 is 4.79 Å². The SMILES string of the molecule is Cc1cc(Nc2cc(N[C@@H]3CCCC[C@@H]3N)cnc2C(N)=O)nc(C)n1. The number of pyridine rings is 1. The second-order valence-corrected chi connectivity index (χ2v) is 6.75. The molecule has 8 heteroatoms. The maximum Gasteiger partial charge on any atom is 0.269 e. The summed E-state index contributed by atoms with van der Waals surface area (Å²) < 4.78 is 0. The third-order valence-electron chi connectivity index (χ3n) is 4.52. The smallest absolute Gasteiger partial charge is 0.269 e. The van der Waals surface area contributed by atoms with Crippen molar-refractivity contribution in [3.05, 3.63) is 35.5 Å². The molecular weight excluding hydrogens is 330 g/mol. The molecule has 2 atom stereocenters. The van der Waals surface area contributed by atoms with Crippen LogP contribution in [0.15, 0.2) is 18.3 Å². The van der Waals surface area contributed by atoms with Crippen LogP contribution in [0, 0.1) is 13.8 Å². The van der Waals surface area contributed by atoms with E-state index in [0.717, 1.165) is 37.1 Å². The van der Waals surface area contributed by atoms with Crippen molar-refractivity contribution in [2.24, 2.45) is 11.5 Å². The fourth-order valence-corrected chi connectivity index (χ4v) is 3.31. The number of hydrogen-bond acceptors (Lipinski definition) is 7. The van der Waals surface area contributed by atoms with Crippen LogP contribution in [0.1, 0.15) is 47.7 Å². The Morgan fingerprint density at radius 3 is 2.65 bits per heavy atom. The Kier molecular flexibility index (Phi) is 5.32. The van der Waals surface area contributed by atoms with E-state index >= 15 is 0 Å². The number of nitrogens with two attached hydrogens (primary N) is 2. The van der Waals surface area contributed by atoms with E-state index in [1.807, 2.05) is 19.9 Å². The molecule has 1 saturated carbocycles. The first-order chi connectivity index (χ1) is 12.4. The van der Waals surface area contributed by atoms with Crippen molar-refractivity contribution in [1.29, 1.82) is 0 Å². The lowest BCUT2D eigenvalue weighted by Crippen LogP contribution is -2.42. The number of aromatic nitrogens is 3. The van der Waals surface area contributed by atoms with Gasteiger partial charge in [0, 0.05) is 23.8 Å². The molecule has 0 spiro atoms. The number of carbonyl (C=O) groups excluding carboxylic acids is 1. The molecule has 0 aromatic carbocycles. The molecule has 0 unspecified atom stereocenters. The number of hydrogen-bond donors (Lipinski definition) is 4. The van der Waals surface area contributed by atoms with E-state index in [0.29, 0.717) is 17.3 Å². The predicted octanol–water partition coefficient (Wildman–Crippen LogP) is 2.01. The standard InChI is InChI=1S/C18H25N7O/c1-10-7-16(23-11(2)22-10)25-15-8-12(9-21-17(15)18(20)26)24-14-6-4-3-5-13(14)19/h7-9,13-14,24H,3-6,19H2,1-2H3,(H2,20,26)(H,22,23,25)/t13-,14+/m0/s1. The van der Waals surface area contributed by atoms with E-state index in [1.54, 1.807) is 12.3 Å². The number of amides is 1. The van der Waals surface area contributed by atoms with E-state index in [2.05, 4.69) is 25.6 Å². The van der Waals surface area contributed by atoms with Gasteiger partial charge in [0.05, 0.1) is 17.6 Å². The highest BCUT2D eigenvalue weighted by molar-refractivity contribution is 5.97. The summed E-state index contributed by atoms with van der Waals surface area (Å²) in [5.74, 6) is 0.630. The van der Waals surface area contributed by atoms with Gasteiger partial charge in [-0.25, -0.2) is 15.0 Å². The molecule has 0 aliphatic heterocycles. The number of rotatable bonds is 5. The minimum absolute atomic E-state index is 0.114. The molecule has 26 heavy (non-hydrogen) atoms. The van der Waals surface area contributed by atoms with Crippen LogP contribution in [0.3, 0.4) is 0 Å². The van der Waals surface area contributed by atoms with Gasteiger partial charge in [-0.2, -0.15) is 0 Å². The molecule has 138 valence electrons. The van der Waals surface area contributed by atoms with Crippen LogP contribution in [-0.4, -0.2) is 32.9 Å². The highest BCUT2D eigenvalue weighted by Gasteiger charge is 2.22. The minimum atomic E-state index is -0.601. The zero-order valence-electron chi connectivity index (χ0n) is 15.1.